The van der Waals surface area contributed by atoms with Crippen LogP contribution in [0.25, 0.3) is 0 Å². The second kappa shape index (κ2) is 11.0. The molecule has 1 fully saturated rings. The smallest absolute Gasteiger partial charge is 0.255 e. The van der Waals surface area contributed by atoms with Gasteiger partial charge in [0.25, 0.3) is 5.91 Å². The first-order valence-electron chi connectivity index (χ1n) is 10.8. The molecule has 6 nitrogen and oxygen atoms in total. The van der Waals surface area contributed by atoms with Gasteiger partial charge in [-0.3, -0.25) is 14.5 Å². The van der Waals surface area contributed by atoms with Gasteiger partial charge in [0.2, 0.25) is 5.91 Å². The van der Waals surface area contributed by atoms with Crippen molar-refractivity contribution in [3.8, 4) is 0 Å². The largest absolute Gasteiger partial charge is 0.467 e. The molecule has 2 heterocycles. The van der Waals surface area contributed by atoms with E-state index in [0.717, 1.165) is 24.5 Å². The van der Waals surface area contributed by atoms with Crippen LogP contribution in [0.4, 0.5) is 0 Å². The van der Waals surface area contributed by atoms with Crippen LogP contribution in [-0.4, -0.2) is 53.5 Å². The molecule has 2 aromatic carbocycles. The maximum Gasteiger partial charge on any atom is 0.255 e. The molecule has 0 saturated carbocycles. The van der Waals surface area contributed by atoms with Crippen molar-refractivity contribution in [1.82, 2.24) is 15.1 Å². The van der Waals surface area contributed by atoms with E-state index in [1.807, 2.05) is 41.3 Å². The second-order valence-electron chi connectivity index (χ2n) is 7.69. The van der Waals surface area contributed by atoms with Gasteiger partial charge in [-0.2, -0.15) is 0 Å². The van der Waals surface area contributed by atoms with Crippen LogP contribution in [0.5, 0.6) is 0 Å². The highest BCUT2D eigenvalue weighted by Gasteiger charge is 2.24. The topological polar surface area (TPSA) is 65.8 Å². The zero-order valence-corrected chi connectivity index (χ0v) is 18.7. The maximum absolute atomic E-state index is 13.2. The number of thioether (sulfide) groups is 1. The average Bonchev–Trinajstić information content (AvgIpc) is 3.36. The highest BCUT2D eigenvalue weighted by Crippen LogP contribution is 2.24. The van der Waals surface area contributed by atoms with Gasteiger partial charge in [-0.1, -0.05) is 42.5 Å². The predicted molar refractivity (Wildman–Crippen MR) is 125 cm³/mol. The van der Waals surface area contributed by atoms with E-state index in [4.69, 9.17) is 4.42 Å². The Hall–Kier alpha value is -3.03. The number of piperazine rings is 1. The molecule has 0 radical (unpaired) electrons. The Bertz CT molecular complexity index is 1020. The number of carbonyl (C=O) groups excluding carboxylic acids is 2. The Morgan fingerprint density at radius 2 is 1.66 bits per heavy atom. The van der Waals surface area contributed by atoms with Gasteiger partial charge in [-0.05, 0) is 29.8 Å². The normalized spacial score (nSPS) is 14.3. The third kappa shape index (κ3) is 6.02. The van der Waals surface area contributed by atoms with Gasteiger partial charge in [-0.15, -0.1) is 11.8 Å². The Labute approximate surface area is 192 Å². The van der Waals surface area contributed by atoms with Crippen LogP contribution in [0.15, 0.2) is 82.3 Å². The first-order valence-corrected chi connectivity index (χ1v) is 11.7. The maximum atomic E-state index is 13.2. The lowest BCUT2D eigenvalue weighted by molar-refractivity contribution is -0.118. The fraction of sp³-hybridized carbons (Fsp3) is 0.280. The number of nitrogens with zero attached hydrogens (tertiary/aromatic N) is 2. The number of amides is 2. The third-order valence-electron chi connectivity index (χ3n) is 5.42. The lowest BCUT2D eigenvalue weighted by Crippen LogP contribution is -2.48. The minimum Gasteiger partial charge on any atom is -0.467 e. The molecule has 4 rings (SSSR count). The zero-order valence-electron chi connectivity index (χ0n) is 17.9. The summed E-state index contributed by atoms with van der Waals surface area (Å²) in [5.41, 5.74) is 1.95. The molecule has 166 valence electrons. The quantitative estimate of drug-likeness (QED) is 0.532. The van der Waals surface area contributed by atoms with Crippen molar-refractivity contribution in [3.63, 3.8) is 0 Å². The summed E-state index contributed by atoms with van der Waals surface area (Å²) in [5.74, 6) is 0.896. The molecule has 32 heavy (non-hydrogen) atoms. The molecule has 1 aliphatic rings. The van der Waals surface area contributed by atoms with E-state index < -0.39 is 0 Å². The molecule has 1 aliphatic heterocycles. The molecule has 0 unspecified atom stereocenters. The Balaban J connectivity index is 1.29. The summed E-state index contributed by atoms with van der Waals surface area (Å²) in [6.07, 6.45) is 1.58. The van der Waals surface area contributed by atoms with Gasteiger partial charge in [0.15, 0.2) is 0 Å². The summed E-state index contributed by atoms with van der Waals surface area (Å²) in [5, 5.41) is 2.84. The minimum absolute atomic E-state index is 0.0310. The third-order valence-corrected chi connectivity index (χ3v) is 6.50. The van der Waals surface area contributed by atoms with E-state index in [9.17, 15) is 9.59 Å². The van der Waals surface area contributed by atoms with E-state index in [1.54, 1.807) is 12.3 Å². The molecule has 0 bridgehead atoms. The number of furan rings is 1. The number of rotatable bonds is 8. The number of carbonyl (C=O) groups is 2. The molecular formula is C25H27N3O3S. The van der Waals surface area contributed by atoms with Gasteiger partial charge in [0, 0.05) is 37.6 Å². The number of hydrogen-bond acceptors (Lipinski definition) is 5. The highest BCUT2D eigenvalue weighted by atomic mass is 32.2. The fourth-order valence-corrected chi connectivity index (χ4v) is 4.56. The van der Waals surface area contributed by atoms with E-state index >= 15 is 0 Å². The highest BCUT2D eigenvalue weighted by molar-refractivity contribution is 8.00. The molecule has 3 aromatic rings. The molecule has 2 amide bonds. The standard InChI is InChI=1S/C25H27N3O3S/c29-24(26-17-21-9-6-16-31-21)19-32-23-11-5-4-10-22(23)25(30)28-14-12-27(13-15-28)18-20-7-2-1-3-8-20/h1-11,16H,12-15,17-19H2,(H,26,29). The summed E-state index contributed by atoms with van der Waals surface area (Å²) in [6, 6.07) is 21.6. The first-order chi connectivity index (χ1) is 15.7. The summed E-state index contributed by atoms with van der Waals surface area (Å²) in [4.78, 5) is 30.5. The van der Waals surface area contributed by atoms with Crippen LogP contribution in [0.3, 0.4) is 0 Å². The van der Waals surface area contributed by atoms with Crippen LogP contribution in [0.2, 0.25) is 0 Å². The molecule has 1 N–H and O–H groups in total. The number of nitrogens with one attached hydrogen (secondary N) is 1. The zero-order chi connectivity index (χ0) is 22.2. The first kappa shape index (κ1) is 22.2. The summed E-state index contributed by atoms with van der Waals surface area (Å²) < 4.78 is 5.23. The van der Waals surface area contributed by atoms with Crippen molar-refractivity contribution < 1.29 is 14.0 Å². The van der Waals surface area contributed by atoms with Crippen LogP contribution >= 0.6 is 11.8 Å². The average molecular weight is 450 g/mol. The van der Waals surface area contributed by atoms with Crippen LogP contribution in [-0.2, 0) is 17.9 Å². The Morgan fingerprint density at radius 3 is 2.41 bits per heavy atom. The van der Waals surface area contributed by atoms with E-state index in [1.165, 1.54) is 17.3 Å². The van der Waals surface area contributed by atoms with Crippen molar-refractivity contribution in [1.29, 1.82) is 0 Å². The van der Waals surface area contributed by atoms with Crippen molar-refractivity contribution in [2.24, 2.45) is 0 Å². The number of hydrogen-bond donors (Lipinski definition) is 1. The summed E-state index contributed by atoms with van der Waals surface area (Å²) in [6.45, 7) is 4.38. The second-order valence-corrected chi connectivity index (χ2v) is 8.71. The van der Waals surface area contributed by atoms with Crippen LogP contribution in [0.1, 0.15) is 21.7 Å². The SMILES string of the molecule is O=C(CSc1ccccc1C(=O)N1CCN(Cc2ccccc2)CC1)NCc1ccco1. The van der Waals surface area contributed by atoms with E-state index in [-0.39, 0.29) is 17.6 Å². The molecule has 1 aromatic heterocycles. The Morgan fingerprint density at radius 1 is 0.906 bits per heavy atom. The van der Waals surface area contributed by atoms with Gasteiger partial charge in [0.05, 0.1) is 24.1 Å². The van der Waals surface area contributed by atoms with Crippen LogP contribution < -0.4 is 5.32 Å². The van der Waals surface area contributed by atoms with E-state index in [0.29, 0.717) is 31.0 Å². The predicted octanol–water partition coefficient (Wildman–Crippen LogP) is 3.65. The van der Waals surface area contributed by atoms with Crippen molar-refractivity contribution in [2.75, 3.05) is 31.9 Å². The fourth-order valence-electron chi connectivity index (χ4n) is 3.68. The molecule has 1 saturated heterocycles. The Kier molecular flexibility index (Phi) is 7.64. The summed E-state index contributed by atoms with van der Waals surface area (Å²) in [7, 11) is 0. The lowest BCUT2D eigenvalue weighted by Gasteiger charge is -2.35. The van der Waals surface area contributed by atoms with Crippen molar-refractivity contribution in [3.05, 3.63) is 89.9 Å². The molecule has 0 atom stereocenters. The van der Waals surface area contributed by atoms with E-state index in [2.05, 4.69) is 34.5 Å². The molecule has 7 heteroatoms. The lowest BCUT2D eigenvalue weighted by atomic mass is 10.1. The van der Waals surface area contributed by atoms with Gasteiger partial charge >= 0.3 is 0 Å². The summed E-state index contributed by atoms with van der Waals surface area (Å²) >= 11 is 1.39. The molecular weight excluding hydrogens is 422 g/mol. The monoisotopic (exact) mass is 449 g/mol. The van der Waals surface area contributed by atoms with Gasteiger partial charge < -0.3 is 14.6 Å². The van der Waals surface area contributed by atoms with Crippen molar-refractivity contribution in [2.45, 2.75) is 18.0 Å². The minimum atomic E-state index is -0.0943. The van der Waals surface area contributed by atoms with Gasteiger partial charge in [0.1, 0.15) is 5.76 Å². The van der Waals surface area contributed by atoms with Crippen molar-refractivity contribution >= 4 is 23.6 Å². The van der Waals surface area contributed by atoms with Crippen LogP contribution in [0, 0.1) is 0 Å². The van der Waals surface area contributed by atoms with Gasteiger partial charge in [-0.25, -0.2) is 0 Å². The number of benzene rings is 2. The molecule has 0 spiro atoms. The molecule has 0 aliphatic carbocycles.